The Kier molecular flexibility index (Phi) is 2.36. The average molecular weight is 225 g/mol. The number of rotatable bonds is 2. The maximum atomic E-state index is 12.1. The Morgan fingerprint density at radius 2 is 2.00 bits per heavy atom. The van der Waals surface area contributed by atoms with Crippen LogP contribution in [0.25, 0.3) is 0 Å². The molecule has 1 heterocycles. The van der Waals surface area contributed by atoms with Gasteiger partial charge in [0.1, 0.15) is 11.6 Å². The lowest BCUT2D eigenvalue weighted by molar-refractivity contribution is -0.136. The van der Waals surface area contributed by atoms with Crippen LogP contribution in [0.2, 0.25) is 0 Å². The Bertz CT molecular complexity index is 360. The highest BCUT2D eigenvalue weighted by molar-refractivity contribution is 6.09. The molecule has 16 heavy (non-hydrogen) atoms. The summed E-state index contributed by atoms with van der Waals surface area (Å²) >= 11 is 0. The summed E-state index contributed by atoms with van der Waals surface area (Å²) in [7, 11) is 0. The van der Waals surface area contributed by atoms with E-state index in [1.807, 2.05) is 0 Å². The average Bonchev–Trinajstić information content (AvgIpc) is 2.75. The number of imide groups is 1. The molecule has 6 heteroatoms. The topological polar surface area (TPSA) is 92.5 Å². The van der Waals surface area contributed by atoms with Gasteiger partial charge < -0.3 is 11.1 Å². The second kappa shape index (κ2) is 3.47. The van der Waals surface area contributed by atoms with Gasteiger partial charge in [0.25, 0.3) is 5.91 Å². The molecule has 1 aliphatic heterocycles. The lowest BCUT2D eigenvalue weighted by Crippen LogP contribution is -2.48. The van der Waals surface area contributed by atoms with Crippen LogP contribution in [-0.4, -0.2) is 34.3 Å². The molecule has 0 aromatic heterocycles. The van der Waals surface area contributed by atoms with Crippen molar-refractivity contribution in [2.45, 2.75) is 44.2 Å². The van der Waals surface area contributed by atoms with Crippen molar-refractivity contribution in [3.8, 4) is 0 Å². The third kappa shape index (κ3) is 1.36. The quantitative estimate of drug-likeness (QED) is 0.633. The molecule has 1 atom stereocenters. The second-order valence-electron chi connectivity index (χ2n) is 4.47. The van der Waals surface area contributed by atoms with Crippen LogP contribution < -0.4 is 11.1 Å². The first-order valence-electron chi connectivity index (χ1n) is 5.43. The summed E-state index contributed by atoms with van der Waals surface area (Å²) in [5.74, 6) is -0.972. The molecule has 6 nitrogen and oxygen atoms in total. The number of primary amides is 1. The fraction of sp³-hybridized carbons (Fsp3) is 0.700. The fourth-order valence-electron chi connectivity index (χ4n) is 2.44. The highest BCUT2D eigenvalue weighted by Crippen LogP contribution is 2.35. The third-order valence-corrected chi connectivity index (χ3v) is 3.45. The van der Waals surface area contributed by atoms with Crippen LogP contribution in [0.3, 0.4) is 0 Å². The van der Waals surface area contributed by atoms with Gasteiger partial charge >= 0.3 is 6.03 Å². The van der Waals surface area contributed by atoms with Gasteiger partial charge in [-0.2, -0.15) is 0 Å². The number of hydrogen-bond acceptors (Lipinski definition) is 3. The van der Waals surface area contributed by atoms with Crippen molar-refractivity contribution < 1.29 is 14.4 Å². The highest BCUT2D eigenvalue weighted by Gasteiger charge is 2.54. The normalized spacial score (nSPS) is 24.9. The van der Waals surface area contributed by atoms with Crippen LogP contribution in [0.15, 0.2) is 0 Å². The molecule has 0 radical (unpaired) electrons. The number of nitrogens with zero attached hydrogens (tertiary/aromatic N) is 1. The van der Waals surface area contributed by atoms with E-state index in [4.69, 9.17) is 5.73 Å². The minimum absolute atomic E-state index is 0.304. The largest absolute Gasteiger partial charge is 0.368 e. The molecule has 2 rings (SSSR count). The summed E-state index contributed by atoms with van der Waals surface area (Å²) in [6.07, 6.45) is 3.15. The van der Waals surface area contributed by atoms with Crippen molar-refractivity contribution in [2.75, 3.05) is 0 Å². The van der Waals surface area contributed by atoms with Crippen molar-refractivity contribution >= 4 is 17.8 Å². The number of hydrogen-bond donors (Lipinski definition) is 2. The Hall–Kier alpha value is -1.59. The molecular formula is C10H15N3O3. The SMILES string of the molecule is CC(C(N)=O)N1C(=O)NC2(CCCC2)C1=O. The Labute approximate surface area is 93.1 Å². The Morgan fingerprint density at radius 1 is 1.44 bits per heavy atom. The molecule has 2 fully saturated rings. The number of nitrogens with one attached hydrogen (secondary N) is 1. The van der Waals surface area contributed by atoms with Gasteiger partial charge in [-0.1, -0.05) is 12.8 Å². The third-order valence-electron chi connectivity index (χ3n) is 3.45. The van der Waals surface area contributed by atoms with Crippen LogP contribution >= 0.6 is 0 Å². The van der Waals surface area contributed by atoms with E-state index in [1.165, 1.54) is 6.92 Å². The molecule has 1 saturated carbocycles. The van der Waals surface area contributed by atoms with Crippen LogP contribution in [0.1, 0.15) is 32.6 Å². The van der Waals surface area contributed by atoms with E-state index < -0.39 is 23.5 Å². The molecule has 1 saturated heterocycles. The zero-order chi connectivity index (χ0) is 11.9. The van der Waals surface area contributed by atoms with Gasteiger partial charge in [-0.3, -0.25) is 9.59 Å². The van der Waals surface area contributed by atoms with Crippen LogP contribution in [0.5, 0.6) is 0 Å². The zero-order valence-corrected chi connectivity index (χ0v) is 9.16. The number of carbonyl (C=O) groups excluding carboxylic acids is 3. The van der Waals surface area contributed by atoms with Crippen molar-refractivity contribution in [1.29, 1.82) is 0 Å². The second-order valence-corrected chi connectivity index (χ2v) is 4.47. The summed E-state index contributed by atoms with van der Waals surface area (Å²) in [6, 6.07) is -1.38. The van der Waals surface area contributed by atoms with E-state index in [0.29, 0.717) is 12.8 Å². The maximum Gasteiger partial charge on any atom is 0.325 e. The van der Waals surface area contributed by atoms with Gasteiger partial charge in [-0.15, -0.1) is 0 Å². The summed E-state index contributed by atoms with van der Waals surface area (Å²) in [6.45, 7) is 1.47. The highest BCUT2D eigenvalue weighted by atomic mass is 16.2. The molecule has 0 aromatic carbocycles. The molecule has 4 amide bonds. The molecule has 1 unspecified atom stereocenters. The molecule has 1 aliphatic carbocycles. The predicted octanol–water partition coefficient (Wildman–Crippen LogP) is -0.275. The van der Waals surface area contributed by atoms with E-state index in [9.17, 15) is 14.4 Å². The number of amides is 4. The first-order chi connectivity index (χ1) is 7.48. The van der Waals surface area contributed by atoms with Crippen molar-refractivity contribution in [3.05, 3.63) is 0 Å². The molecule has 0 aromatic rings. The van der Waals surface area contributed by atoms with Crippen molar-refractivity contribution in [3.63, 3.8) is 0 Å². The van der Waals surface area contributed by atoms with Crippen LogP contribution in [-0.2, 0) is 9.59 Å². The Morgan fingerprint density at radius 3 is 2.50 bits per heavy atom. The lowest BCUT2D eigenvalue weighted by atomic mass is 9.97. The van der Waals surface area contributed by atoms with Crippen molar-refractivity contribution in [2.24, 2.45) is 5.73 Å². The standard InChI is InChI=1S/C10H15N3O3/c1-6(7(11)14)13-8(15)10(12-9(13)16)4-2-3-5-10/h6H,2-5H2,1H3,(H2,11,14)(H,12,16). The van der Waals surface area contributed by atoms with E-state index in [1.54, 1.807) is 0 Å². The minimum atomic E-state index is -0.882. The molecular weight excluding hydrogens is 210 g/mol. The van der Waals surface area contributed by atoms with Crippen LogP contribution in [0.4, 0.5) is 4.79 Å². The first-order valence-corrected chi connectivity index (χ1v) is 5.43. The summed E-state index contributed by atoms with van der Waals surface area (Å²) < 4.78 is 0. The fourth-order valence-corrected chi connectivity index (χ4v) is 2.44. The number of carbonyl (C=O) groups is 3. The van der Waals surface area contributed by atoms with Gasteiger partial charge in [0.05, 0.1) is 0 Å². The van der Waals surface area contributed by atoms with Gasteiger partial charge in [0.15, 0.2) is 0 Å². The molecule has 88 valence electrons. The lowest BCUT2D eigenvalue weighted by Gasteiger charge is -2.22. The first kappa shape index (κ1) is 10.9. The minimum Gasteiger partial charge on any atom is -0.368 e. The smallest absolute Gasteiger partial charge is 0.325 e. The molecule has 0 bridgehead atoms. The van der Waals surface area contributed by atoms with E-state index >= 15 is 0 Å². The van der Waals surface area contributed by atoms with Gasteiger partial charge in [-0.05, 0) is 19.8 Å². The molecule has 3 N–H and O–H groups in total. The Balaban J connectivity index is 2.26. The molecule has 1 spiro atoms. The monoisotopic (exact) mass is 225 g/mol. The maximum absolute atomic E-state index is 12.1. The summed E-state index contributed by atoms with van der Waals surface area (Å²) in [5.41, 5.74) is 4.35. The zero-order valence-electron chi connectivity index (χ0n) is 9.16. The van der Waals surface area contributed by atoms with Gasteiger partial charge in [0, 0.05) is 0 Å². The van der Waals surface area contributed by atoms with Crippen molar-refractivity contribution in [1.82, 2.24) is 10.2 Å². The van der Waals surface area contributed by atoms with Gasteiger partial charge in [0.2, 0.25) is 5.91 Å². The van der Waals surface area contributed by atoms with Gasteiger partial charge in [-0.25, -0.2) is 9.69 Å². The number of nitrogens with two attached hydrogens (primary N) is 1. The summed E-state index contributed by atoms with van der Waals surface area (Å²) in [4.78, 5) is 35.8. The van der Waals surface area contributed by atoms with E-state index in [2.05, 4.69) is 5.32 Å². The number of urea groups is 1. The van der Waals surface area contributed by atoms with E-state index in [0.717, 1.165) is 17.7 Å². The van der Waals surface area contributed by atoms with E-state index in [-0.39, 0.29) is 5.91 Å². The predicted molar refractivity (Wildman–Crippen MR) is 55.2 cm³/mol. The van der Waals surface area contributed by atoms with Crippen LogP contribution in [0, 0.1) is 0 Å². The summed E-state index contributed by atoms with van der Waals surface area (Å²) in [5, 5.41) is 2.69. The molecule has 2 aliphatic rings.